The van der Waals surface area contributed by atoms with Gasteiger partial charge in [-0.1, -0.05) is 18.9 Å². The molecule has 0 atom stereocenters. The number of hydrogen-bond acceptors (Lipinski definition) is 4. The summed E-state index contributed by atoms with van der Waals surface area (Å²) in [5.74, 6) is -2.49. The second kappa shape index (κ2) is 6.76. The first-order chi connectivity index (χ1) is 11.1. The van der Waals surface area contributed by atoms with Crippen molar-refractivity contribution in [3.8, 4) is 5.75 Å². The van der Waals surface area contributed by atoms with Gasteiger partial charge in [0.25, 0.3) is 5.91 Å². The van der Waals surface area contributed by atoms with Crippen LogP contribution in [0.25, 0.3) is 0 Å². The molecule has 1 aromatic heterocycles. The Hall–Kier alpha value is -2.44. The highest BCUT2D eigenvalue weighted by Gasteiger charge is 2.20. The van der Waals surface area contributed by atoms with Crippen LogP contribution >= 0.6 is 0 Å². The molecule has 0 spiro atoms. The molecule has 1 aromatic carbocycles. The average molecular weight is 322 g/mol. The summed E-state index contributed by atoms with van der Waals surface area (Å²) >= 11 is 0. The van der Waals surface area contributed by atoms with E-state index in [1.807, 2.05) is 0 Å². The van der Waals surface area contributed by atoms with Gasteiger partial charge in [-0.25, -0.2) is 9.37 Å². The van der Waals surface area contributed by atoms with Gasteiger partial charge >= 0.3 is 0 Å². The Morgan fingerprint density at radius 1 is 1.35 bits per heavy atom. The molecular weight excluding hydrogens is 306 g/mol. The van der Waals surface area contributed by atoms with Crippen LogP contribution in [0.2, 0.25) is 0 Å². The summed E-state index contributed by atoms with van der Waals surface area (Å²) in [4.78, 5) is 16.0. The molecule has 1 N–H and O–H groups in total. The summed E-state index contributed by atoms with van der Waals surface area (Å²) in [6, 6.07) is 3.82. The molecule has 0 aliphatic heterocycles. The number of halogens is 2. The lowest BCUT2D eigenvalue weighted by molar-refractivity contribution is 0.0932. The number of ether oxygens (including phenoxy) is 1. The van der Waals surface area contributed by atoms with Gasteiger partial charge in [-0.05, 0) is 25.0 Å². The smallest absolute Gasteiger partial charge is 0.273 e. The number of aromatic nitrogens is 1. The third kappa shape index (κ3) is 3.67. The molecule has 0 radical (unpaired) electrons. The average Bonchev–Trinajstić information content (AvgIpc) is 3.20. The van der Waals surface area contributed by atoms with Crippen LogP contribution in [0.1, 0.15) is 42.1 Å². The van der Waals surface area contributed by atoms with Crippen molar-refractivity contribution in [2.75, 3.05) is 0 Å². The molecular formula is C16H16F2N2O3. The predicted octanol–water partition coefficient (Wildman–Crippen LogP) is 3.20. The van der Waals surface area contributed by atoms with Crippen LogP contribution in [0.3, 0.4) is 0 Å². The van der Waals surface area contributed by atoms with Gasteiger partial charge in [0, 0.05) is 6.04 Å². The highest BCUT2D eigenvalue weighted by molar-refractivity contribution is 5.92. The second-order valence-electron chi connectivity index (χ2n) is 5.42. The van der Waals surface area contributed by atoms with Gasteiger partial charge in [-0.3, -0.25) is 4.79 Å². The van der Waals surface area contributed by atoms with Gasteiger partial charge in [0.2, 0.25) is 11.7 Å². The minimum Gasteiger partial charge on any atom is -0.481 e. The Kier molecular flexibility index (Phi) is 4.55. The summed E-state index contributed by atoms with van der Waals surface area (Å²) in [6.07, 6.45) is 5.39. The van der Waals surface area contributed by atoms with Crippen LogP contribution in [-0.2, 0) is 6.61 Å². The number of benzene rings is 1. The maximum absolute atomic E-state index is 13.4. The van der Waals surface area contributed by atoms with E-state index in [9.17, 15) is 13.6 Å². The van der Waals surface area contributed by atoms with Crippen molar-refractivity contribution in [2.45, 2.75) is 38.3 Å². The number of oxazole rings is 1. The van der Waals surface area contributed by atoms with Gasteiger partial charge in [0.1, 0.15) is 6.26 Å². The summed E-state index contributed by atoms with van der Waals surface area (Å²) in [6.45, 7) is -0.197. The minimum absolute atomic E-state index is 0.116. The maximum atomic E-state index is 13.4. The molecule has 0 saturated heterocycles. The normalized spacial score (nSPS) is 14.9. The van der Waals surface area contributed by atoms with Crippen molar-refractivity contribution < 1.29 is 22.7 Å². The van der Waals surface area contributed by atoms with Crippen molar-refractivity contribution in [3.63, 3.8) is 0 Å². The molecule has 1 saturated carbocycles. The number of nitrogens with zero attached hydrogens (tertiary/aromatic N) is 1. The number of carbonyl (C=O) groups is 1. The fourth-order valence-electron chi connectivity index (χ4n) is 2.55. The quantitative estimate of drug-likeness (QED) is 0.918. The summed E-state index contributed by atoms with van der Waals surface area (Å²) in [7, 11) is 0. The van der Waals surface area contributed by atoms with Crippen LogP contribution in [0.15, 0.2) is 28.9 Å². The lowest BCUT2D eigenvalue weighted by Gasteiger charge is -2.09. The van der Waals surface area contributed by atoms with Crippen LogP contribution < -0.4 is 10.1 Å². The number of nitrogens with one attached hydrogen (secondary N) is 1. The molecule has 1 amide bonds. The summed E-state index contributed by atoms with van der Waals surface area (Å²) in [5.41, 5.74) is 0.148. The first-order valence-corrected chi connectivity index (χ1v) is 7.45. The monoisotopic (exact) mass is 322 g/mol. The van der Waals surface area contributed by atoms with Crippen LogP contribution in [0.4, 0.5) is 8.78 Å². The fraction of sp³-hybridized carbons (Fsp3) is 0.375. The molecule has 1 fully saturated rings. The summed E-state index contributed by atoms with van der Waals surface area (Å²) in [5, 5.41) is 2.89. The molecule has 0 bridgehead atoms. The zero-order valence-corrected chi connectivity index (χ0v) is 12.4. The largest absolute Gasteiger partial charge is 0.481 e. The lowest BCUT2D eigenvalue weighted by Crippen LogP contribution is -2.32. The molecule has 2 aromatic rings. The molecule has 1 aliphatic carbocycles. The molecule has 122 valence electrons. The van der Waals surface area contributed by atoms with Gasteiger partial charge in [-0.2, -0.15) is 4.39 Å². The molecule has 1 heterocycles. The van der Waals surface area contributed by atoms with Crippen molar-refractivity contribution in [3.05, 3.63) is 47.7 Å². The Morgan fingerprint density at radius 2 is 2.13 bits per heavy atom. The van der Waals surface area contributed by atoms with E-state index >= 15 is 0 Å². The van der Waals surface area contributed by atoms with Gasteiger partial charge in [0.05, 0.1) is 0 Å². The Labute approximate surface area is 131 Å². The van der Waals surface area contributed by atoms with Crippen LogP contribution in [0, 0.1) is 11.6 Å². The van der Waals surface area contributed by atoms with Crippen molar-refractivity contribution >= 4 is 5.91 Å². The van der Waals surface area contributed by atoms with E-state index in [0.29, 0.717) is 0 Å². The highest BCUT2D eigenvalue weighted by Crippen LogP contribution is 2.21. The first kappa shape index (κ1) is 15.5. The van der Waals surface area contributed by atoms with E-state index in [2.05, 4.69) is 10.3 Å². The molecule has 3 rings (SSSR count). The first-order valence-electron chi connectivity index (χ1n) is 7.45. The topological polar surface area (TPSA) is 64.4 Å². The Morgan fingerprint density at radius 3 is 2.91 bits per heavy atom. The zero-order chi connectivity index (χ0) is 16.2. The fourth-order valence-corrected chi connectivity index (χ4v) is 2.55. The lowest BCUT2D eigenvalue weighted by atomic mass is 10.2. The number of rotatable bonds is 5. The van der Waals surface area contributed by atoms with Gasteiger partial charge in [0.15, 0.2) is 23.9 Å². The number of carbonyl (C=O) groups excluding carboxylic acids is 1. The van der Waals surface area contributed by atoms with E-state index in [-0.39, 0.29) is 35.9 Å². The molecule has 7 heteroatoms. The third-order valence-electron chi connectivity index (χ3n) is 3.74. The predicted molar refractivity (Wildman–Crippen MR) is 76.9 cm³/mol. The van der Waals surface area contributed by atoms with E-state index in [1.165, 1.54) is 18.4 Å². The minimum atomic E-state index is -1.07. The van der Waals surface area contributed by atoms with Crippen LogP contribution in [0.5, 0.6) is 5.75 Å². The summed E-state index contributed by atoms with van der Waals surface area (Å²) < 4.78 is 36.8. The molecule has 1 aliphatic rings. The van der Waals surface area contributed by atoms with Crippen molar-refractivity contribution in [1.29, 1.82) is 0 Å². The van der Waals surface area contributed by atoms with Crippen molar-refractivity contribution in [2.24, 2.45) is 0 Å². The van der Waals surface area contributed by atoms with E-state index < -0.39 is 11.6 Å². The Balaban J connectivity index is 1.58. The standard InChI is InChI=1S/C16H16F2N2O3/c17-11-6-3-7-13(15(11)18)22-9-14-20-12(8-23-14)16(21)19-10-4-1-2-5-10/h3,6-8,10H,1-2,4-5,9H2,(H,19,21). The molecule has 0 unspecified atom stereocenters. The van der Waals surface area contributed by atoms with Crippen LogP contribution in [-0.4, -0.2) is 16.9 Å². The SMILES string of the molecule is O=C(NC1CCCC1)c1coc(COc2cccc(F)c2F)n1. The van der Waals surface area contributed by atoms with Gasteiger partial charge in [-0.15, -0.1) is 0 Å². The molecule has 23 heavy (non-hydrogen) atoms. The van der Waals surface area contributed by atoms with Crippen molar-refractivity contribution in [1.82, 2.24) is 10.3 Å². The van der Waals surface area contributed by atoms with E-state index in [0.717, 1.165) is 31.7 Å². The maximum Gasteiger partial charge on any atom is 0.273 e. The number of hydrogen-bond donors (Lipinski definition) is 1. The van der Waals surface area contributed by atoms with Gasteiger partial charge < -0.3 is 14.5 Å². The third-order valence-corrected chi connectivity index (χ3v) is 3.74. The highest BCUT2D eigenvalue weighted by atomic mass is 19.2. The Bertz CT molecular complexity index is 696. The van der Waals surface area contributed by atoms with E-state index in [1.54, 1.807) is 0 Å². The zero-order valence-electron chi connectivity index (χ0n) is 12.4. The number of amides is 1. The van der Waals surface area contributed by atoms with E-state index in [4.69, 9.17) is 9.15 Å². The second-order valence-corrected chi connectivity index (χ2v) is 5.42. The molecule has 5 nitrogen and oxygen atoms in total.